The molecule has 50 valence electrons. The van der Waals surface area contributed by atoms with E-state index in [9.17, 15) is 0 Å². The topological polar surface area (TPSA) is 26.0 Å². The average molecular weight is 138 g/mol. The lowest BCUT2D eigenvalue weighted by Crippen LogP contribution is -2.47. The lowest BCUT2D eigenvalue weighted by molar-refractivity contribution is -0.902. The van der Waals surface area contributed by atoms with Crippen molar-refractivity contribution >= 4 is 11.6 Å². The summed E-state index contributed by atoms with van der Waals surface area (Å²) in [6, 6.07) is 0. The molecule has 0 amide bonds. The Morgan fingerprint density at radius 3 is 2.12 bits per heavy atom. The van der Waals surface area contributed by atoms with Gasteiger partial charge >= 0.3 is 0 Å². The molecule has 0 aromatic heterocycles. The fraction of sp³-hybridized carbons (Fsp3) is 1.00. The molecule has 0 atom stereocenters. The van der Waals surface area contributed by atoms with E-state index in [0.717, 1.165) is 13.0 Å². The van der Waals surface area contributed by atoms with Gasteiger partial charge in [-0.25, -0.2) is 0 Å². The molecular weight excluding hydrogens is 124 g/mol. The van der Waals surface area contributed by atoms with Crippen molar-refractivity contribution in [2.75, 3.05) is 26.5 Å². The predicted molar refractivity (Wildman–Crippen MR) is 36.5 cm³/mol. The minimum Gasteiger partial charge on any atom is -0.253 e. The van der Waals surface area contributed by atoms with E-state index in [2.05, 4.69) is 0 Å². The SMILES string of the molecule is C[N+](C)(N)CCCCl. The van der Waals surface area contributed by atoms with Gasteiger partial charge in [0.1, 0.15) is 0 Å². The van der Waals surface area contributed by atoms with Crippen LogP contribution in [0.2, 0.25) is 0 Å². The van der Waals surface area contributed by atoms with Crippen molar-refractivity contribution < 1.29 is 4.59 Å². The van der Waals surface area contributed by atoms with Gasteiger partial charge in [0.25, 0.3) is 0 Å². The zero-order valence-electron chi connectivity index (χ0n) is 5.52. The molecule has 0 rings (SSSR count). The Labute approximate surface area is 55.8 Å². The van der Waals surface area contributed by atoms with Crippen LogP contribution in [0.4, 0.5) is 0 Å². The first-order chi connectivity index (χ1) is 3.56. The molecule has 0 aromatic rings. The van der Waals surface area contributed by atoms with Crippen LogP contribution in [0, 0.1) is 0 Å². The molecule has 0 radical (unpaired) electrons. The molecule has 0 aliphatic heterocycles. The summed E-state index contributed by atoms with van der Waals surface area (Å²) in [4.78, 5) is 0. The van der Waals surface area contributed by atoms with Crippen LogP contribution in [0.5, 0.6) is 0 Å². The third-order valence-electron chi connectivity index (χ3n) is 0.868. The van der Waals surface area contributed by atoms with Crippen molar-refractivity contribution in [3.8, 4) is 0 Å². The van der Waals surface area contributed by atoms with Crippen LogP contribution in [0.25, 0.3) is 0 Å². The molecule has 0 heterocycles. The Morgan fingerprint density at radius 1 is 1.50 bits per heavy atom. The summed E-state index contributed by atoms with van der Waals surface area (Å²) in [5.74, 6) is 6.31. The maximum absolute atomic E-state index is 5.60. The van der Waals surface area contributed by atoms with Gasteiger partial charge in [0.05, 0.1) is 20.6 Å². The second kappa shape index (κ2) is 3.28. The maximum Gasteiger partial charge on any atom is 0.0967 e. The van der Waals surface area contributed by atoms with Crippen molar-refractivity contribution in [3.05, 3.63) is 0 Å². The summed E-state index contributed by atoms with van der Waals surface area (Å²) in [6.45, 7) is 0.948. The molecule has 0 saturated carbocycles. The highest BCUT2D eigenvalue weighted by Crippen LogP contribution is 1.90. The molecule has 2 nitrogen and oxygen atoms in total. The van der Waals surface area contributed by atoms with E-state index in [-0.39, 0.29) is 0 Å². The second-order valence-corrected chi connectivity index (χ2v) is 2.92. The third kappa shape index (κ3) is 6.21. The van der Waals surface area contributed by atoms with Crippen LogP contribution in [0.15, 0.2) is 0 Å². The fourth-order valence-corrected chi connectivity index (χ4v) is 0.587. The highest BCUT2D eigenvalue weighted by molar-refractivity contribution is 6.17. The highest BCUT2D eigenvalue weighted by atomic mass is 35.5. The zero-order chi connectivity index (χ0) is 6.62. The number of quaternary nitrogens is 1. The molecule has 0 saturated heterocycles. The Hall–Kier alpha value is 0.210. The van der Waals surface area contributed by atoms with Crippen molar-refractivity contribution in [2.45, 2.75) is 6.42 Å². The quantitative estimate of drug-likeness (QED) is 0.262. The number of nitrogens with zero attached hydrogens (tertiary/aromatic N) is 1. The lowest BCUT2D eigenvalue weighted by Gasteiger charge is -2.21. The van der Waals surface area contributed by atoms with Gasteiger partial charge in [-0.3, -0.25) is 4.59 Å². The average Bonchev–Trinajstić information content (AvgIpc) is 1.59. The molecule has 2 N–H and O–H groups in total. The number of alkyl halides is 1. The van der Waals surface area contributed by atoms with Crippen LogP contribution >= 0.6 is 11.6 Å². The fourth-order valence-electron chi connectivity index (χ4n) is 0.467. The van der Waals surface area contributed by atoms with Crippen molar-refractivity contribution in [1.29, 1.82) is 0 Å². The van der Waals surface area contributed by atoms with Gasteiger partial charge in [0, 0.05) is 12.3 Å². The Bertz CT molecular complexity index is 57.9. The van der Waals surface area contributed by atoms with Crippen LogP contribution in [0.3, 0.4) is 0 Å². The van der Waals surface area contributed by atoms with Gasteiger partial charge in [-0.2, -0.15) is 5.84 Å². The maximum atomic E-state index is 5.60. The Morgan fingerprint density at radius 2 is 2.00 bits per heavy atom. The van der Waals surface area contributed by atoms with Gasteiger partial charge in [-0.05, 0) is 0 Å². The van der Waals surface area contributed by atoms with E-state index >= 15 is 0 Å². The summed E-state index contributed by atoms with van der Waals surface area (Å²) < 4.78 is 0.521. The van der Waals surface area contributed by atoms with Crippen LogP contribution in [0.1, 0.15) is 6.42 Å². The standard InChI is InChI=1S/C5H14ClN2/c1-8(2,7)5-3-4-6/h3-5,7H2,1-2H3/q+1. The largest absolute Gasteiger partial charge is 0.253 e. The minimum absolute atomic E-state index is 0.521. The summed E-state index contributed by atoms with van der Waals surface area (Å²) in [5.41, 5.74) is 0. The lowest BCUT2D eigenvalue weighted by atomic mass is 10.4. The van der Waals surface area contributed by atoms with Crippen molar-refractivity contribution in [3.63, 3.8) is 0 Å². The van der Waals surface area contributed by atoms with Crippen LogP contribution < -0.4 is 5.84 Å². The first kappa shape index (κ1) is 8.21. The number of hydrogen-bond acceptors (Lipinski definition) is 1. The normalized spacial score (nSPS) is 12.0. The molecule has 0 aromatic carbocycles. The first-order valence-corrected chi connectivity index (χ1v) is 3.27. The van der Waals surface area contributed by atoms with Crippen molar-refractivity contribution in [1.82, 2.24) is 0 Å². The highest BCUT2D eigenvalue weighted by Gasteiger charge is 2.04. The summed E-state index contributed by atoms with van der Waals surface area (Å²) in [5, 5.41) is 0. The molecule has 0 aliphatic rings. The van der Waals surface area contributed by atoms with Crippen LogP contribution in [-0.2, 0) is 0 Å². The summed E-state index contributed by atoms with van der Waals surface area (Å²) in [7, 11) is 3.90. The minimum atomic E-state index is 0.521. The van der Waals surface area contributed by atoms with E-state index in [1.54, 1.807) is 0 Å². The van der Waals surface area contributed by atoms with Gasteiger partial charge in [-0.1, -0.05) is 0 Å². The van der Waals surface area contributed by atoms with Gasteiger partial charge < -0.3 is 0 Å². The smallest absolute Gasteiger partial charge is 0.0967 e. The molecule has 0 bridgehead atoms. The Balaban J connectivity index is 3.11. The summed E-state index contributed by atoms with van der Waals surface area (Å²) in [6.07, 6.45) is 0.991. The monoisotopic (exact) mass is 137 g/mol. The molecular formula is C5H14ClN2+. The molecule has 8 heavy (non-hydrogen) atoms. The number of hydrogen-bond donors (Lipinski definition) is 1. The van der Waals surface area contributed by atoms with Gasteiger partial charge in [-0.15, -0.1) is 11.6 Å². The number of nitrogens with two attached hydrogens (primary N) is 1. The molecule has 0 spiro atoms. The molecule has 3 heteroatoms. The third-order valence-corrected chi connectivity index (χ3v) is 1.14. The Kier molecular flexibility index (Phi) is 3.36. The van der Waals surface area contributed by atoms with E-state index < -0.39 is 0 Å². The van der Waals surface area contributed by atoms with Gasteiger partial charge in [0.2, 0.25) is 0 Å². The zero-order valence-corrected chi connectivity index (χ0v) is 6.28. The van der Waals surface area contributed by atoms with Crippen LogP contribution in [-0.4, -0.2) is 31.1 Å². The van der Waals surface area contributed by atoms with E-state index in [1.165, 1.54) is 0 Å². The molecule has 0 fully saturated rings. The predicted octanol–water partition coefficient (Wildman–Crippen LogP) is 0.565. The summed E-state index contributed by atoms with van der Waals surface area (Å²) >= 11 is 5.44. The van der Waals surface area contributed by atoms with E-state index in [4.69, 9.17) is 17.4 Å². The second-order valence-electron chi connectivity index (χ2n) is 2.54. The molecule has 0 aliphatic carbocycles. The van der Waals surface area contributed by atoms with Gasteiger partial charge in [0.15, 0.2) is 0 Å². The number of halogens is 1. The molecule has 0 unspecified atom stereocenters. The van der Waals surface area contributed by atoms with Crippen molar-refractivity contribution in [2.24, 2.45) is 5.84 Å². The number of rotatable bonds is 3. The van der Waals surface area contributed by atoms with E-state index in [0.29, 0.717) is 10.5 Å². The first-order valence-electron chi connectivity index (χ1n) is 2.74. The van der Waals surface area contributed by atoms with E-state index in [1.807, 2.05) is 14.1 Å².